The van der Waals surface area contributed by atoms with Crippen LogP contribution in [0.25, 0.3) is 0 Å². The highest BCUT2D eigenvalue weighted by atomic mass is 32.2. The Labute approximate surface area is 131 Å². The van der Waals surface area contributed by atoms with Gasteiger partial charge < -0.3 is 15.1 Å². The summed E-state index contributed by atoms with van der Waals surface area (Å²) in [5, 5.41) is 5.35. The van der Waals surface area contributed by atoms with Crippen LogP contribution in [-0.4, -0.2) is 26.6 Å². The number of anilines is 2. The first-order valence-electron chi connectivity index (χ1n) is 6.61. The van der Waals surface area contributed by atoms with Crippen molar-refractivity contribution in [3.63, 3.8) is 0 Å². The van der Waals surface area contributed by atoms with Crippen molar-refractivity contribution in [2.75, 3.05) is 17.2 Å². The van der Waals surface area contributed by atoms with Crippen LogP contribution in [0.3, 0.4) is 0 Å². The molecule has 2 aromatic rings. The first-order chi connectivity index (χ1) is 10.9. The van der Waals surface area contributed by atoms with E-state index in [0.29, 0.717) is 12.2 Å². The van der Waals surface area contributed by atoms with Gasteiger partial charge >= 0.3 is 5.76 Å². The van der Waals surface area contributed by atoms with Crippen LogP contribution in [-0.2, 0) is 9.84 Å². The van der Waals surface area contributed by atoms with Crippen LogP contribution >= 0.6 is 0 Å². The van der Waals surface area contributed by atoms with Crippen molar-refractivity contribution in [1.82, 2.24) is 0 Å². The molecular weight excluding hydrogens is 330 g/mol. The summed E-state index contributed by atoms with van der Waals surface area (Å²) in [7, 11) is -4.76. The van der Waals surface area contributed by atoms with Crippen molar-refractivity contribution in [3.8, 4) is 0 Å². The van der Waals surface area contributed by atoms with Crippen LogP contribution < -0.4 is 10.6 Å². The van der Waals surface area contributed by atoms with Gasteiger partial charge in [0.05, 0.1) is 22.5 Å². The van der Waals surface area contributed by atoms with Crippen molar-refractivity contribution >= 4 is 27.1 Å². The number of sulfone groups is 1. The standard InChI is InChI=1S/C14H14F2N2O4S/c1-2-17-10-6-5-9(23(20,21)14(15)16)8-11(10)18-13(19)12-4-3-7-22-12/h3-8,14,17H,2H2,1H3,(H,18,19). The number of carbonyl (C=O) groups excluding carboxylic acids is 1. The van der Waals surface area contributed by atoms with Crippen molar-refractivity contribution in [2.24, 2.45) is 0 Å². The number of nitrogens with one attached hydrogen (secondary N) is 2. The SMILES string of the molecule is CCNc1ccc(S(=O)(=O)C(F)F)cc1NC(=O)c1ccco1. The van der Waals surface area contributed by atoms with Crippen LogP contribution in [0.1, 0.15) is 17.5 Å². The Hall–Kier alpha value is -2.42. The fourth-order valence-electron chi connectivity index (χ4n) is 1.84. The molecule has 6 nitrogen and oxygen atoms in total. The summed E-state index contributed by atoms with van der Waals surface area (Å²) in [6.07, 6.45) is 1.30. The largest absolute Gasteiger partial charge is 0.459 e. The summed E-state index contributed by atoms with van der Waals surface area (Å²) >= 11 is 0. The third kappa shape index (κ3) is 3.67. The predicted molar refractivity (Wildman–Crippen MR) is 80.5 cm³/mol. The fraction of sp³-hybridized carbons (Fsp3) is 0.214. The molecule has 0 atom stereocenters. The number of halogens is 2. The lowest BCUT2D eigenvalue weighted by Gasteiger charge is -2.13. The Morgan fingerprint density at radius 1 is 1.26 bits per heavy atom. The Balaban J connectivity index is 2.40. The van der Waals surface area contributed by atoms with Crippen LogP contribution in [0, 0.1) is 0 Å². The molecule has 0 saturated heterocycles. The van der Waals surface area contributed by atoms with Gasteiger partial charge in [0.15, 0.2) is 5.76 Å². The predicted octanol–water partition coefficient (Wildman–Crippen LogP) is 2.96. The second kappa shape index (κ2) is 6.78. The van der Waals surface area contributed by atoms with Gasteiger partial charge in [-0.05, 0) is 37.3 Å². The van der Waals surface area contributed by atoms with E-state index in [1.165, 1.54) is 24.5 Å². The maximum atomic E-state index is 12.7. The van der Waals surface area contributed by atoms with Gasteiger partial charge in [-0.25, -0.2) is 8.42 Å². The maximum Gasteiger partial charge on any atom is 0.341 e. The number of rotatable bonds is 6. The minimum atomic E-state index is -4.76. The molecule has 0 bridgehead atoms. The molecule has 23 heavy (non-hydrogen) atoms. The minimum Gasteiger partial charge on any atom is -0.459 e. The van der Waals surface area contributed by atoms with Crippen molar-refractivity contribution < 1.29 is 26.4 Å². The molecule has 0 aliphatic carbocycles. The monoisotopic (exact) mass is 344 g/mol. The van der Waals surface area contributed by atoms with E-state index in [9.17, 15) is 22.0 Å². The van der Waals surface area contributed by atoms with Crippen molar-refractivity contribution in [1.29, 1.82) is 0 Å². The topological polar surface area (TPSA) is 88.4 Å². The normalized spacial score (nSPS) is 11.5. The smallest absolute Gasteiger partial charge is 0.341 e. The van der Waals surface area contributed by atoms with Gasteiger partial charge in [-0.1, -0.05) is 0 Å². The molecule has 9 heteroatoms. The van der Waals surface area contributed by atoms with Crippen LogP contribution in [0.15, 0.2) is 45.9 Å². The van der Waals surface area contributed by atoms with Crippen molar-refractivity contribution in [2.45, 2.75) is 17.6 Å². The second-order valence-corrected chi connectivity index (χ2v) is 6.39. The Bertz CT molecular complexity index is 789. The molecule has 1 heterocycles. The zero-order valence-electron chi connectivity index (χ0n) is 12.0. The average molecular weight is 344 g/mol. The molecule has 2 N–H and O–H groups in total. The molecule has 0 radical (unpaired) electrons. The molecule has 2 rings (SSSR count). The Morgan fingerprint density at radius 2 is 2.00 bits per heavy atom. The van der Waals surface area contributed by atoms with Crippen LogP contribution in [0.5, 0.6) is 0 Å². The molecule has 124 valence electrons. The van der Waals surface area contributed by atoms with Gasteiger partial charge in [-0.3, -0.25) is 4.79 Å². The van der Waals surface area contributed by atoms with Gasteiger partial charge in [-0.2, -0.15) is 8.78 Å². The van der Waals surface area contributed by atoms with Crippen LogP contribution in [0.4, 0.5) is 20.2 Å². The molecule has 0 spiro atoms. The van der Waals surface area contributed by atoms with E-state index in [-0.39, 0.29) is 11.4 Å². The number of hydrogen-bond acceptors (Lipinski definition) is 5. The third-order valence-electron chi connectivity index (χ3n) is 2.91. The lowest BCUT2D eigenvalue weighted by molar-refractivity contribution is 0.0996. The molecule has 0 fully saturated rings. The molecule has 0 saturated carbocycles. The van der Waals surface area contributed by atoms with E-state index in [1.54, 1.807) is 6.92 Å². The summed E-state index contributed by atoms with van der Waals surface area (Å²) in [5.74, 6) is -4.16. The first kappa shape index (κ1) is 16.9. The quantitative estimate of drug-likeness (QED) is 0.841. The lowest BCUT2D eigenvalue weighted by atomic mass is 10.2. The van der Waals surface area contributed by atoms with E-state index in [2.05, 4.69) is 10.6 Å². The Kier molecular flexibility index (Phi) is 4.99. The molecule has 0 aliphatic heterocycles. The molecular formula is C14H14F2N2O4S. The molecule has 1 aromatic carbocycles. The van der Waals surface area contributed by atoms with E-state index in [4.69, 9.17) is 4.42 Å². The van der Waals surface area contributed by atoms with E-state index >= 15 is 0 Å². The number of hydrogen-bond donors (Lipinski definition) is 2. The summed E-state index contributed by atoms with van der Waals surface area (Å²) in [6, 6.07) is 6.29. The van der Waals surface area contributed by atoms with Gasteiger partial charge in [0.25, 0.3) is 5.91 Å². The van der Waals surface area contributed by atoms with Gasteiger partial charge in [0, 0.05) is 6.54 Å². The highest BCUT2D eigenvalue weighted by Crippen LogP contribution is 2.28. The summed E-state index contributed by atoms with van der Waals surface area (Å²) in [6.45, 7) is 2.28. The summed E-state index contributed by atoms with van der Waals surface area (Å²) in [5.41, 5.74) is 0.468. The van der Waals surface area contributed by atoms with Gasteiger partial charge in [-0.15, -0.1) is 0 Å². The van der Waals surface area contributed by atoms with Gasteiger partial charge in [0.1, 0.15) is 0 Å². The number of benzene rings is 1. The number of furan rings is 1. The molecule has 1 amide bonds. The van der Waals surface area contributed by atoms with E-state index in [0.717, 1.165) is 12.1 Å². The fourth-order valence-corrected chi connectivity index (χ4v) is 2.59. The number of amides is 1. The number of carbonyl (C=O) groups is 1. The van der Waals surface area contributed by atoms with Crippen LogP contribution in [0.2, 0.25) is 0 Å². The zero-order chi connectivity index (χ0) is 17.0. The highest BCUT2D eigenvalue weighted by molar-refractivity contribution is 7.91. The minimum absolute atomic E-state index is 0.00886. The zero-order valence-corrected chi connectivity index (χ0v) is 12.9. The summed E-state index contributed by atoms with van der Waals surface area (Å²) < 4.78 is 53.4. The molecule has 0 unspecified atom stereocenters. The average Bonchev–Trinajstić information content (AvgIpc) is 3.03. The molecule has 0 aliphatic rings. The third-order valence-corrected chi connectivity index (χ3v) is 4.29. The summed E-state index contributed by atoms with van der Waals surface area (Å²) in [4.78, 5) is 11.4. The number of alkyl halides is 2. The maximum absolute atomic E-state index is 12.7. The van der Waals surface area contributed by atoms with E-state index < -0.39 is 26.4 Å². The van der Waals surface area contributed by atoms with Crippen molar-refractivity contribution in [3.05, 3.63) is 42.4 Å². The second-order valence-electron chi connectivity index (χ2n) is 4.47. The highest BCUT2D eigenvalue weighted by Gasteiger charge is 2.27. The van der Waals surface area contributed by atoms with Gasteiger partial charge in [0.2, 0.25) is 9.84 Å². The lowest BCUT2D eigenvalue weighted by Crippen LogP contribution is -2.15. The van der Waals surface area contributed by atoms with E-state index in [1.807, 2.05) is 0 Å². The Morgan fingerprint density at radius 3 is 2.57 bits per heavy atom. The molecule has 1 aromatic heterocycles. The first-order valence-corrected chi connectivity index (χ1v) is 8.15.